The van der Waals surface area contributed by atoms with Crippen molar-refractivity contribution in [3.8, 4) is 0 Å². The first-order chi connectivity index (χ1) is 9.70. The van der Waals surface area contributed by atoms with Gasteiger partial charge in [-0.05, 0) is 34.5 Å². The van der Waals surface area contributed by atoms with Crippen molar-refractivity contribution in [1.82, 2.24) is 15.0 Å². The monoisotopic (exact) mass is 335 g/mol. The van der Waals surface area contributed by atoms with Crippen molar-refractivity contribution < 1.29 is 4.79 Å². The van der Waals surface area contributed by atoms with E-state index in [-0.39, 0.29) is 5.91 Å². The van der Waals surface area contributed by atoms with E-state index in [1.165, 1.54) is 12.4 Å². The summed E-state index contributed by atoms with van der Waals surface area (Å²) < 4.78 is 0.613. The van der Waals surface area contributed by atoms with E-state index in [0.29, 0.717) is 21.8 Å². The molecule has 20 heavy (non-hydrogen) atoms. The average molecular weight is 336 g/mol. The zero-order valence-electron chi connectivity index (χ0n) is 10.9. The Morgan fingerprint density at radius 3 is 2.85 bits per heavy atom. The van der Waals surface area contributed by atoms with Crippen LogP contribution in [0.3, 0.4) is 0 Å². The first-order valence-corrected chi connectivity index (χ1v) is 6.97. The van der Waals surface area contributed by atoms with Gasteiger partial charge >= 0.3 is 0 Å². The summed E-state index contributed by atoms with van der Waals surface area (Å²) in [5.41, 5.74) is 0.477. The Morgan fingerprint density at radius 1 is 1.30 bits per heavy atom. The first-order valence-electron chi connectivity index (χ1n) is 6.18. The Morgan fingerprint density at radius 2 is 2.15 bits per heavy atom. The first kappa shape index (κ1) is 14.4. The van der Waals surface area contributed by atoms with Gasteiger partial charge in [-0.25, -0.2) is 15.0 Å². The van der Waals surface area contributed by atoms with Crippen molar-refractivity contribution in [2.24, 2.45) is 0 Å². The number of carbonyl (C=O) groups is 1. The summed E-state index contributed by atoms with van der Waals surface area (Å²) in [4.78, 5) is 24.4. The molecule has 0 aliphatic carbocycles. The van der Waals surface area contributed by atoms with Gasteiger partial charge in [-0.2, -0.15) is 0 Å². The number of nitrogens with zero attached hydrogens (tertiary/aromatic N) is 3. The zero-order valence-corrected chi connectivity index (χ0v) is 12.5. The molecule has 0 atom stereocenters. The van der Waals surface area contributed by atoms with Crippen molar-refractivity contribution in [2.45, 2.75) is 13.3 Å². The van der Waals surface area contributed by atoms with Crippen LogP contribution in [0.15, 0.2) is 35.3 Å². The van der Waals surface area contributed by atoms with E-state index in [0.717, 1.165) is 13.0 Å². The normalized spacial score (nSPS) is 10.1. The molecule has 2 aromatic rings. The molecule has 7 heteroatoms. The minimum absolute atomic E-state index is 0.270. The fourth-order valence-corrected chi connectivity index (χ4v) is 1.74. The van der Waals surface area contributed by atoms with E-state index in [2.05, 4.69) is 41.5 Å². The number of hydrogen-bond acceptors (Lipinski definition) is 5. The molecule has 0 spiro atoms. The molecule has 0 aromatic carbocycles. The van der Waals surface area contributed by atoms with Gasteiger partial charge in [0.1, 0.15) is 10.4 Å². The summed E-state index contributed by atoms with van der Waals surface area (Å²) in [5.74, 6) is 0.689. The average Bonchev–Trinajstić information content (AvgIpc) is 2.47. The second kappa shape index (κ2) is 6.95. The molecule has 0 aliphatic rings. The molecule has 0 saturated carbocycles. The number of amides is 1. The van der Waals surface area contributed by atoms with Crippen LogP contribution in [0.2, 0.25) is 0 Å². The van der Waals surface area contributed by atoms with Gasteiger partial charge in [0.05, 0.1) is 18.0 Å². The molecule has 1 amide bonds. The lowest BCUT2D eigenvalue weighted by atomic mass is 10.2. The van der Waals surface area contributed by atoms with Gasteiger partial charge in [0, 0.05) is 12.7 Å². The molecule has 0 aliphatic heterocycles. The molecular weight excluding hydrogens is 322 g/mol. The Bertz CT molecular complexity index is 588. The third-order valence-corrected chi connectivity index (χ3v) is 2.87. The van der Waals surface area contributed by atoms with Crippen LogP contribution in [0.4, 0.5) is 11.6 Å². The Balaban J connectivity index is 2.14. The number of pyridine rings is 1. The van der Waals surface area contributed by atoms with Gasteiger partial charge in [-0.3, -0.25) is 4.79 Å². The van der Waals surface area contributed by atoms with Crippen molar-refractivity contribution in [3.63, 3.8) is 0 Å². The third kappa shape index (κ3) is 3.74. The summed E-state index contributed by atoms with van der Waals surface area (Å²) in [5, 5.41) is 5.81. The summed E-state index contributed by atoms with van der Waals surface area (Å²) in [6.45, 7) is 2.81. The molecule has 104 valence electrons. The number of anilines is 2. The van der Waals surface area contributed by atoms with Gasteiger partial charge in [-0.15, -0.1) is 0 Å². The summed E-state index contributed by atoms with van der Waals surface area (Å²) in [6, 6.07) is 3.44. The fourth-order valence-electron chi connectivity index (χ4n) is 1.53. The van der Waals surface area contributed by atoms with Gasteiger partial charge in [0.2, 0.25) is 0 Å². The molecule has 0 saturated heterocycles. The number of hydrogen-bond donors (Lipinski definition) is 2. The van der Waals surface area contributed by atoms with Crippen molar-refractivity contribution in [1.29, 1.82) is 0 Å². The van der Waals surface area contributed by atoms with Crippen molar-refractivity contribution in [2.75, 3.05) is 17.2 Å². The maximum atomic E-state index is 12.2. The molecule has 2 N–H and O–H groups in total. The minimum atomic E-state index is -0.270. The quantitative estimate of drug-likeness (QED) is 0.878. The fraction of sp³-hybridized carbons (Fsp3) is 0.231. The van der Waals surface area contributed by atoms with E-state index < -0.39 is 0 Å². The molecule has 6 nitrogen and oxygen atoms in total. The molecule has 2 rings (SSSR count). The highest BCUT2D eigenvalue weighted by molar-refractivity contribution is 9.10. The predicted molar refractivity (Wildman–Crippen MR) is 80.7 cm³/mol. The summed E-state index contributed by atoms with van der Waals surface area (Å²) in [6.07, 6.45) is 5.61. The second-order valence-corrected chi connectivity index (χ2v) is 4.82. The van der Waals surface area contributed by atoms with Crippen LogP contribution >= 0.6 is 15.9 Å². The highest BCUT2D eigenvalue weighted by Crippen LogP contribution is 2.14. The number of carbonyl (C=O) groups excluding carboxylic acids is 1. The minimum Gasteiger partial charge on any atom is -0.369 e. The highest BCUT2D eigenvalue weighted by atomic mass is 79.9. The molecular formula is C13H14BrN5O. The zero-order chi connectivity index (χ0) is 14.4. The number of halogens is 1. The van der Waals surface area contributed by atoms with E-state index >= 15 is 0 Å². The Hall–Kier alpha value is -2.02. The van der Waals surface area contributed by atoms with Crippen LogP contribution in [0.1, 0.15) is 23.7 Å². The lowest BCUT2D eigenvalue weighted by Crippen LogP contribution is -2.16. The summed E-state index contributed by atoms with van der Waals surface area (Å²) in [7, 11) is 0. The van der Waals surface area contributed by atoms with Crippen LogP contribution in [-0.2, 0) is 0 Å². The van der Waals surface area contributed by atoms with E-state index in [1.807, 2.05) is 6.92 Å². The second-order valence-electron chi connectivity index (χ2n) is 4.00. The number of nitrogens with one attached hydrogen (secondary N) is 2. The third-order valence-electron chi connectivity index (χ3n) is 2.46. The molecule has 2 heterocycles. The van der Waals surface area contributed by atoms with Crippen LogP contribution in [0.25, 0.3) is 0 Å². The van der Waals surface area contributed by atoms with Crippen LogP contribution in [-0.4, -0.2) is 27.4 Å². The number of aromatic nitrogens is 3. The molecule has 2 aromatic heterocycles. The van der Waals surface area contributed by atoms with Gasteiger partial charge in [0.15, 0.2) is 5.82 Å². The van der Waals surface area contributed by atoms with Gasteiger partial charge in [-0.1, -0.05) is 6.92 Å². The van der Waals surface area contributed by atoms with Crippen LogP contribution in [0.5, 0.6) is 0 Å². The molecule has 0 bridgehead atoms. The lowest BCUT2D eigenvalue weighted by molar-refractivity contribution is 0.102. The molecule has 0 fully saturated rings. The smallest absolute Gasteiger partial charge is 0.260 e. The van der Waals surface area contributed by atoms with Crippen molar-refractivity contribution >= 4 is 33.5 Å². The Labute approximate surface area is 125 Å². The summed E-state index contributed by atoms with van der Waals surface area (Å²) >= 11 is 3.19. The van der Waals surface area contributed by atoms with Crippen molar-refractivity contribution in [3.05, 3.63) is 40.9 Å². The van der Waals surface area contributed by atoms with E-state index in [4.69, 9.17) is 0 Å². The highest BCUT2D eigenvalue weighted by Gasteiger charge is 2.12. The molecule has 0 radical (unpaired) electrons. The molecule has 0 unspecified atom stereocenters. The van der Waals surface area contributed by atoms with E-state index in [1.54, 1.807) is 18.3 Å². The lowest BCUT2D eigenvalue weighted by Gasteiger charge is -2.09. The van der Waals surface area contributed by atoms with Crippen LogP contribution in [0, 0.1) is 0 Å². The van der Waals surface area contributed by atoms with Gasteiger partial charge < -0.3 is 10.6 Å². The standard InChI is InChI=1S/C13H14BrN5O/c1-2-5-15-12-9(4-3-6-16-12)13(20)19-11-8-17-10(14)7-18-11/h3-4,6-8H,2,5H2,1H3,(H,15,16)(H,18,19,20). The van der Waals surface area contributed by atoms with Gasteiger partial charge in [0.25, 0.3) is 5.91 Å². The predicted octanol–water partition coefficient (Wildman–Crippen LogP) is 2.71. The topological polar surface area (TPSA) is 79.8 Å². The SMILES string of the molecule is CCCNc1ncccc1C(=O)Nc1cnc(Br)cn1. The maximum Gasteiger partial charge on any atom is 0.260 e. The van der Waals surface area contributed by atoms with Crippen LogP contribution < -0.4 is 10.6 Å². The maximum absolute atomic E-state index is 12.2. The van der Waals surface area contributed by atoms with E-state index in [9.17, 15) is 4.79 Å². The number of rotatable bonds is 5. The Kier molecular flexibility index (Phi) is 5.00. The largest absolute Gasteiger partial charge is 0.369 e.